The van der Waals surface area contributed by atoms with Crippen LogP contribution in [-0.4, -0.2) is 58.1 Å². The molecule has 2 heterocycles. The maximum atomic E-state index is 12.3. The fourth-order valence-electron chi connectivity index (χ4n) is 3.51. The van der Waals surface area contributed by atoms with E-state index >= 15 is 0 Å². The number of carbonyl (C=O) groups is 4. The van der Waals surface area contributed by atoms with E-state index in [-0.39, 0.29) is 0 Å². The van der Waals surface area contributed by atoms with E-state index < -0.39 is 59.9 Å². The van der Waals surface area contributed by atoms with E-state index in [0.29, 0.717) is 0 Å². The van der Waals surface area contributed by atoms with Crippen molar-refractivity contribution in [1.82, 2.24) is 4.90 Å². The molecule has 0 aliphatic carbocycles. The number of amides is 1. The summed E-state index contributed by atoms with van der Waals surface area (Å²) >= 11 is 0. The first-order valence-electron chi connectivity index (χ1n) is 7.06. The average molecular weight is 313 g/mol. The minimum atomic E-state index is -1.14. The molecule has 2 aliphatic rings. The summed E-state index contributed by atoms with van der Waals surface area (Å²) in [5.74, 6) is -3.83. The molecule has 122 valence electrons. The summed E-state index contributed by atoms with van der Waals surface area (Å²) in [6.07, 6.45) is -1.43. The Morgan fingerprint density at radius 2 is 1.82 bits per heavy atom. The lowest BCUT2D eigenvalue weighted by molar-refractivity contribution is -0.182. The summed E-state index contributed by atoms with van der Waals surface area (Å²) < 4.78 is 10.3. The first-order valence-corrected chi connectivity index (χ1v) is 7.06. The summed E-state index contributed by atoms with van der Waals surface area (Å²) in [5, 5.41) is 9.33. The number of hydrogen-bond donors (Lipinski definition) is 1. The molecule has 1 N–H and O–H groups in total. The molecule has 0 aromatic heterocycles. The maximum Gasteiger partial charge on any atom is 0.326 e. The van der Waals surface area contributed by atoms with Crippen molar-refractivity contribution in [1.29, 1.82) is 0 Å². The number of β-lactam (4-membered cyclic amide) rings is 1. The molecule has 8 heteroatoms. The highest BCUT2D eigenvalue weighted by atomic mass is 16.6. The molecule has 8 nitrogen and oxygen atoms in total. The quantitative estimate of drug-likeness (QED) is 0.565. The first-order chi connectivity index (χ1) is 10.2. The number of carbonyl (C=O) groups excluding carboxylic acids is 3. The van der Waals surface area contributed by atoms with E-state index in [9.17, 15) is 24.3 Å². The van der Waals surface area contributed by atoms with Gasteiger partial charge in [-0.25, -0.2) is 4.79 Å². The lowest BCUT2D eigenvalue weighted by Gasteiger charge is -2.47. The monoisotopic (exact) mass is 313 g/mol. The van der Waals surface area contributed by atoms with Crippen LogP contribution in [0.2, 0.25) is 0 Å². The van der Waals surface area contributed by atoms with Crippen molar-refractivity contribution in [2.24, 2.45) is 11.8 Å². The summed E-state index contributed by atoms with van der Waals surface area (Å²) in [6, 6.07) is -1.62. The number of esters is 2. The fourth-order valence-corrected chi connectivity index (χ4v) is 3.51. The highest BCUT2D eigenvalue weighted by Gasteiger charge is 2.66. The van der Waals surface area contributed by atoms with Crippen LogP contribution in [0.4, 0.5) is 0 Å². The zero-order chi connectivity index (χ0) is 16.8. The van der Waals surface area contributed by atoms with E-state index in [1.54, 1.807) is 13.8 Å². The molecule has 0 saturated carbocycles. The first kappa shape index (κ1) is 16.3. The predicted molar refractivity (Wildman–Crippen MR) is 71.5 cm³/mol. The van der Waals surface area contributed by atoms with Crippen molar-refractivity contribution >= 4 is 23.8 Å². The lowest BCUT2D eigenvalue weighted by atomic mass is 9.81. The Kier molecular flexibility index (Phi) is 4.12. The standard InChI is InChI=1S/C14H19NO7/c1-5-10(14(19)20)15-11(12(5)22-8(4)17)9(13(15)18)6(2)21-7(3)16/h5-6,9-12H,1-4H3,(H,19,20)/t5?,6?,9-,10?,11+,12?/m1/s1. The van der Waals surface area contributed by atoms with Gasteiger partial charge >= 0.3 is 17.9 Å². The third-order valence-electron chi connectivity index (χ3n) is 4.29. The van der Waals surface area contributed by atoms with Crippen LogP contribution in [-0.2, 0) is 28.7 Å². The van der Waals surface area contributed by atoms with Crippen LogP contribution in [0.5, 0.6) is 0 Å². The van der Waals surface area contributed by atoms with Crippen LogP contribution in [0.25, 0.3) is 0 Å². The molecule has 2 saturated heterocycles. The zero-order valence-corrected chi connectivity index (χ0v) is 12.8. The van der Waals surface area contributed by atoms with Crippen LogP contribution >= 0.6 is 0 Å². The Labute approximate surface area is 127 Å². The molecule has 2 fully saturated rings. The molecular formula is C14H19NO7. The van der Waals surface area contributed by atoms with Gasteiger partial charge in [0, 0.05) is 19.8 Å². The van der Waals surface area contributed by atoms with Gasteiger partial charge in [-0.05, 0) is 6.92 Å². The Hall–Kier alpha value is -2.12. The number of ether oxygens (including phenoxy) is 2. The second kappa shape index (κ2) is 5.58. The van der Waals surface area contributed by atoms with Crippen LogP contribution < -0.4 is 0 Å². The van der Waals surface area contributed by atoms with Crippen molar-refractivity contribution in [3.63, 3.8) is 0 Å². The second-order valence-electron chi connectivity index (χ2n) is 5.79. The molecule has 6 atom stereocenters. The van der Waals surface area contributed by atoms with Gasteiger partial charge in [0.15, 0.2) is 0 Å². The summed E-state index contributed by atoms with van der Waals surface area (Å²) in [6.45, 7) is 5.67. The van der Waals surface area contributed by atoms with Crippen molar-refractivity contribution in [3.8, 4) is 0 Å². The van der Waals surface area contributed by atoms with Crippen LogP contribution in [0, 0.1) is 11.8 Å². The van der Waals surface area contributed by atoms with Gasteiger partial charge in [0.05, 0.1) is 12.0 Å². The Bertz CT molecular complexity index is 531. The van der Waals surface area contributed by atoms with E-state index in [2.05, 4.69) is 0 Å². The molecule has 22 heavy (non-hydrogen) atoms. The largest absolute Gasteiger partial charge is 0.480 e. The minimum Gasteiger partial charge on any atom is -0.480 e. The van der Waals surface area contributed by atoms with Crippen LogP contribution in [0.1, 0.15) is 27.7 Å². The van der Waals surface area contributed by atoms with E-state index in [1.165, 1.54) is 18.7 Å². The van der Waals surface area contributed by atoms with E-state index in [1.807, 2.05) is 0 Å². The molecule has 0 bridgehead atoms. The molecule has 0 aromatic rings. The van der Waals surface area contributed by atoms with Gasteiger partial charge in [-0.1, -0.05) is 6.92 Å². The summed E-state index contributed by atoms with van der Waals surface area (Å²) in [4.78, 5) is 47.3. The molecule has 0 radical (unpaired) electrons. The molecule has 1 amide bonds. The topological polar surface area (TPSA) is 110 Å². The highest BCUT2D eigenvalue weighted by molar-refractivity contribution is 5.93. The van der Waals surface area contributed by atoms with Gasteiger partial charge < -0.3 is 19.5 Å². The summed E-state index contributed by atoms with van der Waals surface area (Å²) in [7, 11) is 0. The molecule has 2 aliphatic heterocycles. The van der Waals surface area contributed by atoms with Crippen molar-refractivity contribution in [2.45, 2.75) is 52.0 Å². The Morgan fingerprint density at radius 1 is 1.23 bits per heavy atom. The van der Waals surface area contributed by atoms with Crippen molar-refractivity contribution < 1.29 is 33.8 Å². The third kappa shape index (κ3) is 2.42. The molecule has 0 spiro atoms. The molecule has 2 rings (SSSR count). The number of carboxylic acid groups (broad SMARTS) is 1. The molecule has 4 unspecified atom stereocenters. The maximum absolute atomic E-state index is 12.3. The van der Waals surface area contributed by atoms with Crippen molar-refractivity contribution in [2.75, 3.05) is 0 Å². The van der Waals surface area contributed by atoms with Gasteiger partial charge in [0.1, 0.15) is 18.2 Å². The SMILES string of the molecule is CC(=O)OC(C)[C@H]1C(=O)N2C(C(=O)O)C(C)C(OC(C)=O)[C@H]12. The molecular weight excluding hydrogens is 294 g/mol. The van der Waals surface area contributed by atoms with Gasteiger partial charge in [0.25, 0.3) is 0 Å². The number of rotatable bonds is 4. The van der Waals surface area contributed by atoms with Gasteiger partial charge in [-0.15, -0.1) is 0 Å². The number of hydrogen-bond acceptors (Lipinski definition) is 6. The Morgan fingerprint density at radius 3 is 2.27 bits per heavy atom. The molecule has 0 aromatic carbocycles. The van der Waals surface area contributed by atoms with Gasteiger partial charge in [-0.3, -0.25) is 14.4 Å². The predicted octanol–water partition coefficient (Wildman–Crippen LogP) is -0.200. The third-order valence-corrected chi connectivity index (χ3v) is 4.29. The van der Waals surface area contributed by atoms with Gasteiger partial charge in [-0.2, -0.15) is 0 Å². The normalized spacial score (nSPS) is 34.5. The average Bonchev–Trinajstić information content (AvgIpc) is 2.59. The zero-order valence-electron chi connectivity index (χ0n) is 12.8. The Balaban J connectivity index is 2.28. The number of fused-ring (bicyclic) bond motifs is 1. The number of carboxylic acids is 1. The van der Waals surface area contributed by atoms with Crippen LogP contribution in [0.15, 0.2) is 0 Å². The lowest BCUT2D eigenvalue weighted by Crippen LogP contribution is -2.67. The van der Waals surface area contributed by atoms with E-state index in [4.69, 9.17) is 9.47 Å². The number of aliphatic carboxylic acids is 1. The summed E-state index contributed by atoms with van der Waals surface area (Å²) in [5.41, 5.74) is 0. The second-order valence-corrected chi connectivity index (χ2v) is 5.79. The fraction of sp³-hybridized carbons (Fsp3) is 0.714. The number of nitrogens with zero attached hydrogens (tertiary/aromatic N) is 1. The van der Waals surface area contributed by atoms with Crippen LogP contribution in [0.3, 0.4) is 0 Å². The van der Waals surface area contributed by atoms with Gasteiger partial charge in [0.2, 0.25) is 5.91 Å². The smallest absolute Gasteiger partial charge is 0.326 e. The van der Waals surface area contributed by atoms with Crippen molar-refractivity contribution in [3.05, 3.63) is 0 Å². The van der Waals surface area contributed by atoms with E-state index in [0.717, 1.165) is 0 Å². The highest BCUT2D eigenvalue weighted by Crippen LogP contribution is 2.46. The minimum absolute atomic E-state index is 0.396.